The topological polar surface area (TPSA) is 91.8 Å². The number of nitrogens with zero attached hydrogens (tertiary/aromatic N) is 2. The average Bonchev–Trinajstić information content (AvgIpc) is 2.82. The fraction of sp³-hybridized carbons (Fsp3) is 0.500. The molecule has 3 rings (SSSR count). The minimum Gasteiger partial charge on any atom is -0.468 e. The zero-order chi connectivity index (χ0) is 27.6. The van der Waals surface area contributed by atoms with Crippen LogP contribution in [0.2, 0.25) is 5.02 Å². The lowest BCUT2D eigenvalue weighted by Crippen LogP contribution is -2.60. The van der Waals surface area contributed by atoms with E-state index in [1.54, 1.807) is 43.0 Å². The highest BCUT2D eigenvalue weighted by molar-refractivity contribution is 6.30. The number of nitrogens with one attached hydrogen (secondary N) is 1. The van der Waals surface area contributed by atoms with Gasteiger partial charge in [0.05, 0.1) is 11.2 Å². The van der Waals surface area contributed by atoms with Crippen LogP contribution < -0.4 is 10.1 Å². The Morgan fingerprint density at radius 1 is 1.19 bits per heavy atom. The molecule has 2 aromatic rings. The molecule has 1 aliphatic rings. The van der Waals surface area contributed by atoms with Gasteiger partial charge >= 0.3 is 6.18 Å². The van der Waals surface area contributed by atoms with E-state index in [1.165, 1.54) is 6.07 Å². The zero-order valence-electron chi connectivity index (χ0n) is 21.1. The Balaban J connectivity index is 1.69. The van der Waals surface area contributed by atoms with Gasteiger partial charge in [0.25, 0.3) is 5.91 Å². The Kier molecular flexibility index (Phi) is 8.44. The molecule has 202 valence electrons. The molecular weight excluding hydrogens is 511 g/mol. The number of aromatic nitrogens is 1. The molecule has 1 aromatic carbocycles. The summed E-state index contributed by atoms with van der Waals surface area (Å²) in [6.45, 7) is 6.43. The second-order valence-electron chi connectivity index (χ2n) is 10.2. The van der Waals surface area contributed by atoms with Crippen LogP contribution >= 0.6 is 11.6 Å². The Morgan fingerprint density at radius 3 is 2.35 bits per heavy atom. The third-order valence-corrected chi connectivity index (χ3v) is 6.94. The number of pyridine rings is 1. The Hall–Kier alpha value is -2.85. The molecule has 0 bridgehead atoms. The van der Waals surface area contributed by atoms with Gasteiger partial charge in [0.1, 0.15) is 6.04 Å². The molecular formula is C26H31ClF3N3O4. The SMILES string of the molecule is CC(C)[C@@H](NC(=O)c1ccc(OCC(F)(F)F)nc1)C(=O)N1CC[C@](O)(c2ccc(Cl)cc2)C(C)(C)C1. The maximum Gasteiger partial charge on any atom is 0.422 e. The number of carbonyl (C=O) groups excluding carboxylic acids is 2. The van der Waals surface area contributed by atoms with Gasteiger partial charge < -0.3 is 20.1 Å². The first kappa shape index (κ1) is 28.7. The van der Waals surface area contributed by atoms with Gasteiger partial charge in [0.2, 0.25) is 11.8 Å². The van der Waals surface area contributed by atoms with Crippen LogP contribution in [0.15, 0.2) is 42.6 Å². The van der Waals surface area contributed by atoms with E-state index >= 15 is 0 Å². The van der Waals surface area contributed by atoms with Crippen LogP contribution in [0.3, 0.4) is 0 Å². The van der Waals surface area contributed by atoms with E-state index in [0.717, 1.165) is 17.8 Å². The number of carbonyl (C=O) groups is 2. The van der Waals surface area contributed by atoms with E-state index < -0.39 is 35.7 Å². The Labute approximate surface area is 219 Å². The predicted molar refractivity (Wildman–Crippen MR) is 132 cm³/mol. The number of piperidine rings is 1. The average molecular weight is 542 g/mol. The standard InChI is InChI=1S/C26H31ClF3N3O4/c1-16(2)21(32-22(34)17-5-10-20(31-13-17)37-15-26(28,29)30)23(35)33-12-11-25(36,24(3,4)14-33)18-6-8-19(27)9-7-18/h5-10,13,16,21,36H,11-12,14-15H2,1-4H3,(H,32,34)/t21-,25+/m1/s1. The highest BCUT2D eigenvalue weighted by atomic mass is 35.5. The zero-order valence-corrected chi connectivity index (χ0v) is 21.9. The molecule has 2 atom stereocenters. The number of ether oxygens (including phenoxy) is 1. The summed E-state index contributed by atoms with van der Waals surface area (Å²) >= 11 is 6.00. The summed E-state index contributed by atoms with van der Waals surface area (Å²) in [7, 11) is 0. The molecule has 2 amide bonds. The third kappa shape index (κ3) is 6.73. The number of aliphatic hydroxyl groups is 1. The molecule has 0 unspecified atom stereocenters. The number of alkyl halides is 3. The van der Waals surface area contributed by atoms with Crippen molar-refractivity contribution in [2.24, 2.45) is 11.3 Å². The summed E-state index contributed by atoms with van der Waals surface area (Å²) in [5.74, 6) is -1.39. The molecule has 1 fully saturated rings. The monoisotopic (exact) mass is 541 g/mol. The smallest absolute Gasteiger partial charge is 0.422 e. The molecule has 0 spiro atoms. The van der Waals surface area contributed by atoms with Crippen molar-refractivity contribution < 1.29 is 32.6 Å². The first-order valence-electron chi connectivity index (χ1n) is 11.9. The van der Waals surface area contributed by atoms with Gasteiger partial charge in [-0.2, -0.15) is 13.2 Å². The van der Waals surface area contributed by atoms with Crippen molar-refractivity contribution in [1.29, 1.82) is 0 Å². The normalized spacial score (nSPS) is 20.4. The summed E-state index contributed by atoms with van der Waals surface area (Å²) in [6.07, 6.45) is -3.11. The number of amides is 2. The van der Waals surface area contributed by atoms with Gasteiger partial charge in [0.15, 0.2) is 6.61 Å². The van der Waals surface area contributed by atoms with Crippen molar-refractivity contribution in [3.8, 4) is 5.88 Å². The van der Waals surface area contributed by atoms with Crippen molar-refractivity contribution in [1.82, 2.24) is 15.2 Å². The van der Waals surface area contributed by atoms with Gasteiger partial charge in [0, 0.05) is 35.8 Å². The molecule has 11 heteroatoms. The molecule has 1 aromatic heterocycles. The number of likely N-dealkylation sites (tertiary alicyclic amines) is 1. The molecule has 2 heterocycles. The lowest BCUT2D eigenvalue weighted by Gasteiger charge is -2.51. The lowest BCUT2D eigenvalue weighted by atomic mass is 9.66. The number of halogens is 4. The molecule has 2 N–H and O–H groups in total. The Bertz CT molecular complexity index is 1110. The maximum absolute atomic E-state index is 13.5. The highest BCUT2D eigenvalue weighted by Gasteiger charge is 2.50. The van der Waals surface area contributed by atoms with Crippen LogP contribution in [0.5, 0.6) is 5.88 Å². The highest BCUT2D eigenvalue weighted by Crippen LogP contribution is 2.46. The van der Waals surface area contributed by atoms with Crippen molar-refractivity contribution in [3.05, 3.63) is 58.7 Å². The summed E-state index contributed by atoms with van der Waals surface area (Å²) in [5.41, 5.74) is -1.07. The first-order chi connectivity index (χ1) is 17.1. The van der Waals surface area contributed by atoms with Gasteiger partial charge in [-0.1, -0.05) is 51.4 Å². The lowest BCUT2D eigenvalue weighted by molar-refractivity contribution is -0.155. The molecule has 0 aliphatic carbocycles. The fourth-order valence-corrected chi connectivity index (χ4v) is 4.59. The Morgan fingerprint density at radius 2 is 1.84 bits per heavy atom. The van der Waals surface area contributed by atoms with Gasteiger partial charge in [-0.25, -0.2) is 4.98 Å². The predicted octanol–water partition coefficient (Wildman–Crippen LogP) is 4.58. The van der Waals surface area contributed by atoms with E-state index in [9.17, 15) is 27.9 Å². The number of hydrogen-bond acceptors (Lipinski definition) is 5. The molecule has 37 heavy (non-hydrogen) atoms. The second kappa shape index (κ2) is 10.9. The van der Waals surface area contributed by atoms with Crippen molar-refractivity contribution in [2.45, 2.75) is 51.9 Å². The fourth-order valence-electron chi connectivity index (χ4n) is 4.46. The van der Waals surface area contributed by atoms with Gasteiger partial charge in [-0.3, -0.25) is 9.59 Å². The minimum absolute atomic E-state index is 0.0777. The molecule has 0 radical (unpaired) electrons. The number of hydrogen-bond donors (Lipinski definition) is 2. The van der Waals surface area contributed by atoms with Crippen LogP contribution in [0.25, 0.3) is 0 Å². The van der Waals surface area contributed by atoms with Gasteiger partial charge in [-0.05, 0) is 36.1 Å². The van der Waals surface area contributed by atoms with Crippen LogP contribution in [-0.2, 0) is 10.4 Å². The van der Waals surface area contributed by atoms with Crippen LogP contribution in [0.1, 0.15) is 50.0 Å². The molecule has 0 saturated carbocycles. The summed E-state index contributed by atoms with van der Waals surface area (Å²) in [5, 5.41) is 14.9. The quantitative estimate of drug-likeness (QED) is 0.535. The van der Waals surface area contributed by atoms with E-state index in [0.29, 0.717) is 11.4 Å². The molecule has 1 aliphatic heterocycles. The van der Waals surface area contributed by atoms with E-state index in [2.05, 4.69) is 15.0 Å². The minimum atomic E-state index is -4.50. The number of benzene rings is 1. The van der Waals surface area contributed by atoms with Gasteiger partial charge in [-0.15, -0.1) is 0 Å². The molecule has 7 nitrogen and oxygen atoms in total. The largest absolute Gasteiger partial charge is 0.468 e. The van der Waals surface area contributed by atoms with Crippen molar-refractivity contribution >= 4 is 23.4 Å². The van der Waals surface area contributed by atoms with E-state index in [-0.39, 0.29) is 36.4 Å². The van der Waals surface area contributed by atoms with E-state index in [1.807, 2.05) is 13.8 Å². The summed E-state index contributed by atoms with van der Waals surface area (Å²) in [4.78, 5) is 31.7. The number of rotatable bonds is 7. The second-order valence-corrected chi connectivity index (χ2v) is 10.7. The van der Waals surface area contributed by atoms with Crippen LogP contribution in [0.4, 0.5) is 13.2 Å². The van der Waals surface area contributed by atoms with Crippen molar-refractivity contribution in [3.63, 3.8) is 0 Å². The van der Waals surface area contributed by atoms with Crippen LogP contribution in [-0.4, -0.2) is 58.7 Å². The third-order valence-electron chi connectivity index (χ3n) is 6.68. The summed E-state index contributed by atoms with van der Waals surface area (Å²) in [6, 6.07) is 8.60. The van der Waals surface area contributed by atoms with Crippen LogP contribution in [0, 0.1) is 11.3 Å². The molecule has 1 saturated heterocycles. The maximum atomic E-state index is 13.5. The summed E-state index contributed by atoms with van der Waals surface area (Å²) < 4.78 is 41.5. The van der Waals surface area contributed by atoms with Crippen molar-refractivity contribution in [2.75, 3.05) is 19.7 Å². The first-order valence-corrected chi connectivity index (χ1v) is 12.2. The van der Waals surface area contributed by atoms with E-state index in [4.69, 9.17) is 11.6 Å².